The van der Waals surface area contributed by atoms with E-state index in [-0.39, 0.29) is 5.91 Å². The van der Waals surface area contributed by atoms with Crippen LogP contribution in [0.25, 0.3) is 0 Å². The van der Waals surface area contributed by atoms with Crippen LogP contribution >= 0.6 is 11.3 Å². The van der Waals surface area contributed by atoms with E-state index in [4.69, 9.17) is 0 Å². The molecule has 0 fully saturated rings. The molecule has 0 aliphatic carbocycles. The number of anilines is 1. The number of hydrogen-bond donors (Lipinski definition) is 1. The molecule has 0 saturated heterocycles. The van der Waals surface area contributed by atoms with Crippen LogP contribution in [0.5, 0.6) is 0 Å². The molecule has 0 radical (unpaired) electrons. The van der Waals surface area contributed by atoms with Gasteiger partial charge in [0.1, 0.15) is 0 Å². The SMILES string of the molecule is CCc1ccc(C)c(NC(=O)c2cccs2)c1. The van der Waals surface area contributed by atoms with Crippen molar-refractivity contribution < 1.29 is 4.79 Å². The summed E-state index contributed by atoms with van der Waals surface area (Å²) in [4.78, 5) is 12.7. The molecular formula is C14H15NOS. The summed E-state index contributed by atoms with van der Waals surface area (Å²) in [7, 11) is 0. The maximum absolute atomic E-state index is 11.9. The number of amides is 1. The second kappa shape index (κ2) is 5.15. The van der Waals surface area contributed by atoms with Crippen LogP contribution in [0.3, 0.4) is 0 Å². The minimum absolute atomic E-state index is 0.0312. The Hall–Kier alpha value is -1.61. The van der Waals surface area contributed by atoms with Gasteiger partial charge in [-0.25, -0.2) is 0 Å². The number of carbonyl (C=O) groups excluding carboxylic acids is 1. The molecular weight excluding hydrogens is 230 g/mol. The van der Waals surface area contributed by atoms with Gasteiger partial charge in [-0.2, -0.15) is 0 Å². The fourth-order valence-corrected chi connectivity index (χ4v) is 2.23. The normalized spacial score (nSPS) is 10.2. The van der Waals surface area contributed by atoms with Crippen LogP contribution in [0.1, 0.15) is 27.7 Å². The first kappa shape index (κ1) is 11.9. The maximum atomic E-state index is 11.9. The predicted molar refractivity (Wildman–Crippen MR) is 72.8 cm³/mol. The minimum Gasteiger partial charge on any atom is -0.321 e. The molecule has 0 atom stereocenters. The van der Waals surface area contributed by atoms with E-state index in [9.17, 15) is 4.79 Å². The summed E-state index contributed by atoms with van der Waals surface area (Å²) in [6, 6.07) is 9.90. The zero-order chi connectivity index (χ0) is 12.3. The Morgan fingerprint density at radius 1 is 1.35 bits per heavy atom. The number of benzene rings is 1. The van der Waals surface area contributed by atoms with Crippen LogP contribution in [0.15, 0.2) is 35.7 Å². The summed E-state index contributed by atoms with van der Waals surface area (Å²) >= 11 is 1.45. The third kappa shape index (κ3) is 2.74. The lowest BCUT2D eigenvalue weighted by molar-refractivity contribution is 0.103. The summed E-state index contributed by atoms with van der Waals surface area (Å²) in [6.07, 6.45) is 0.974. The van der Waals surface area contributed by atoms with Gasteiger partial charge >= 0.3 is 0 Å². The highest BCUT2D eigenvalue weighted by atomic mass is 32.1. The van der Waals surface area contributed by atoms with E-state index >= 15 is 0 Å². The molecule has 0 aliphatic heterocycles. The average Bonchev–Trinajstić information content (AvgIpc) is 2.85. The van der Waals surface area contributed by atoms with Crippen LogP contribution < -0.4 is 5.32 Å². The molecule has 2 rings (SSSR count). The number of thiophene rings is 1. The Balaban J connectivity index is 2.21. The van der Waals surface area contributed by atoms with Gasteiger partial charge in [-0.05, 0) is 42.0 Å². The smallest absolute Gasteiger partial charge is 0.265 e. The van der Waals surface area contributed by atoms with Crippen molar-refractivity contribution in [2.45, 2.75) is 20.3 Å². The third-order valence-corrected chi connectivity index (χ3v) is 3.57. The lowest BCUT2D eigenvalue weighted by Gasteiger charge is -2.09. The van der Waals surface area contributed by atoms with Crippen molar-refractivity contribution in [1.29, 1.82) is 0 Å². The molecule has 1 amide bonds. The van der Waals surface area contributed by atoms with Gasteiger partial charge in [0.05, 0.1) is 4.88 Å². The molecule has 0 spiro atoms. The second-order valence-corrected chi connectivity index (χ2v) is 4.88. The molecule has 0 aliphatic rings. The Morgan fingerprint density at radius 2 is 2.18 bits per heavy atom. The van der Waals surface area contributed by atoms with Gasteiger partial charge in [0, 0.05) is 5.69 Å². The lowest BCUT2D eigenvalue weighted by atomic mass is 10.1. The fraction of sp³-hybridized carbons (Fsp3) is 0.214. The maximum Gasteiger partial charge on any atom is 0.265 e. The van der Waals surface area contributed by atoms with Crippen molar-refractivity contribution in [3.05, 3.63) is 51.7 Å². The quantitative estimate of drug-likeness (QED) is 0.873. The number of carbonyl (C=O) groups is 1. The van der Waals surface area contributed by atoms with Crippen LogP contribution in [0.2, 0.25) is 0 Å². The van der Waals surface area contributed by atoms with Gasteiger partial charge in [0.15, 0.2) is 0 Å². The van der Waals surface area contributed by atoms with Gasteiger partial charge in [-0.1, -0.05) is 25.1 Å². The lowest BCUT2D eigenvalue weighted by Crippen LogP contribution is -2.11. The van der Waals surface area contributed by atoms with Gasteiger partial charge in [-0.3, -0.25) is 4.79 Å². The van der Waals surface area contributed by atoms with E-state index in [2.05, 4.69) is 18.3 Å². The Kier molecular flexibility index (Phi) is 3.59. The Labute approximate surface area is 105 Å². The molecule has 1 N–H and O–H groups in total. The van der Waals surface area contributed by atoms with Crippen molar-refractivity contribution in [1.82, 2.24) is 0 Å². The molecule has 17 heavy (non-hydrogen) atoms. The topological polar surface area (TPSA) is 29.1 Å². The van der Waals surface area contributed by atoms with Gasteiger partial charge in [0.25, 0.3) is 5.91 Å². The van der Waals surface area contributed by atoms with Gasteiger partial charge in [0.2, 0.25) is 0 Å². The van der Waals surface area contributed by atoms with Gasteiger partial charge in [-0.15, -0.1) is 11.3 Å². The zero-order valence-corrected chi connectivity index (χ0v) is 10.8. The van der Waals surface area contributed by atoms with E-state index in [0.717, 1.165) is 22.5 Å². The average molecular weight is 245 g/mol. The van der Waals surface area contributed by atoms with Crippen molar-refractivity contribution in [3.63, 3.8) is 0 Å². The highest BCUT2D eigenvalue weighted by Crippen LogP contribution is 2.19. The molecule has 3 heteroatoms. The Bertz CT molecular complexity index is 517. The minimum atomic E-state index is -0.0312. The molecule has 1 aromatic carbocycles. The largest absolute Gasteiger partial charge is 0.321 e. The molecule has 2 nitrogen and oxygen atoms in total. The third-order valence-electron chi connectivity index (χ3n) is 2.70. The van der Waals surface area contributed by atoms with Crippen molar-refractivity contribution in [3.8, 4) is 0 Å². The number of rotatable bonds is 3. The standard InChI is InChI=1S/C14H15NOS/c1-3-11-7-6-10(2)12(9-11)15-14(16)13-5-4-8-17-13/h4-9H,3H2,1-2H3,(H,15,16). The zero-order valence-electron chi connectivity index (χ0n) is 9.99. The predicted octanol–water partition coefficient (Wildman–Crippen LogP) is 3.87. The molecule has 2 aromatic rings. The Morgan fingerprint density at radius 3 is 2.82 bits per heavy atom. The first-order valence-electron chi connectivity index (χ1n) is 5.65. The monoisotopic (exact) mass is 245 g/mol. The summed E-state index contributed by atoms with van der Waals surface area (Å²) < 4.78 is 0. The van der Waals surface area contributed by atoms with E-state index in [0.29, 0.717) is 0 Å². The van der Waals surface area contributed by atoms with Crippen LogP contribution in [-0.4, -0.2) is 5.91 Å². The number of aryl methyl sites for hydroxylation is 2. The van der Waals surface area contributed by atoms with Crippen LogP contribution in [0.4, 0.5) is 5.69 Å². The van der Waals surface area contributed by atoms with E-state index in [1.165, 1.54) is 16.9 Å². The molecule has 0 bridgehead atoms. The first-order valence-corrected chi connectivity index (χ1v) is 6.53. The molecule has 0 unspecified atom stereocenters. The first-order chi connectivity index (χ1) is 8.20. The van der Waals surface area contributed by atoms with Crippen molar-refractivity contribution >= 4 is 22.9 Å². The highest BCUT2D eigenvalue weighted by Gasteiger charge is 2.08. The molecule has 1 aromatic heterocycles. The summed E-state index contributed by atoms with van der Waals surface area (Å²) in [6.45, 7) is 4.11. The van der Waals surface area contributed by atoms with Crippen molar-refractivity contribution in [2.75, 3.05) is 5.32 Å². The highest BCUT2D eigenvalue weighted by molar-refractivity contribution is 7.12. The summed E-state index contributed by atoms with van der Waals surface area (Å²) in [5.41, 5.74) is 3.23. The van der Waals surface area contributed by atoms with Crippen LogP contribution in [-0.2, 0) is 6.42 Å². The second-order valence-electron chi connectivity index (χ2n) is 3.93. The number of hydrogen-bond acceptors (Lipinski definition) is 2. The van der Waals surface area contributed by atoms with Gasteiger partial charge < -0.3 is 5.32 Å². The fourth-order valence-electron chi connectivity index (χ4n) is 1.62. The summed E-state index contributed by atoms with van der Waals surface area (Å²) in [5.74, 6) is -0.0312. The van der Waals surface area contributed by atoms with Crippen LogP contribution in [0, 0.1) is 6.92 Å². The van der Waals surface area contributed by atoms with E-state index < -0.39 is 0 Å². The summed E-state index contributed by atoms with van der Waals surface area (Å²) in [5, 5.41) is 4.87. The van der Waals surface area contributed by atoms with E-state index in [1.54, 1.807) is 0 Å². The molecule has 0 saturated carbocycles. The van der Waals surface area contributed by atoms with E-state index in [1.807, 2.05) is 36.6 Å². The number of nitrogens with one attached hydrogen (secondary N) is 1. The molecule has 88 valence electrons. The van der Waals surface area contributed by atoms with Crippen molar-refractivity contribution in [2.24, 2.45) is 0 Å². The molecule has 1 heterocycles.